The molecule has 1 unspecified atom stereocenters. The van der Waals surface area contributed by atoms with Crippen LogP contribution in [0.2, 0.25) is 0 Å². The quantitative estimate of drug-likeness (QED) is 0.664. The summed E-state index contributed by atoms with van der Waals surface area (Å²) in [7, 11) is 1.82. The van der Waals surface area contributed by atoms with Crippen LogP contribution in [-0.4, -0.2) is 19.8 Å². The molecule has 0 saturated heterocycles. The summed E-state index contributed by atoms with van der Waals surface area (Å²) < 4.78 is 36.5. The highest BCUT2D eigenvalue weighted by atomic mass is 19.4. The fraction of sp³-hybridized carbons (Fsp3) is 0.778. The van der Waals surface area contributed by atoms with Gasteiger partial charge in [-0.25, -0.2) is 0 Å². The molecule has 1 nitrogen and oxygen atoms in total. The molecular formula is C9H14F3N. The third kappa shape index (κ3) is 3.03. The molecule has 0 heterocycles. The van der Waals surface area contributed by atoms with E-state index in [0.29, 0.717) is 18.8 Å². The van der Waals surface area contributed by atoms with Crippen LogP contribution >= 0.6 is 0 Å². The first-order valence-corrected chi connectivity index (χ1v) is 4.45. The minimum atomic E-state index is -4.11. The zero-order valence-corrected chi connectivity index (χ0v) is 7.62. The Morgan fingerprint density at radius 1 is 1.54 bits per heavy atom. The van der Waals surface area contributed by atoms with Gasteiger partial charge in [0.2, 0.25) is 0 Å². The second-order valence-corrected chi connectivity index (χ2v) is 3.43. The van der Waals surface area contributed by atoms with E-state index in [0.717, 1.165) is 6.54 Å². The fourth-order valence-corrected chi connectivity index (χ4v) is 1.62. The molecule has 1 N–H and O–H groups in total. The van der Waals surface area contributed by atoms with Gasteiger partial charge in [-0.15, -0.1) is 0 Å². The number of allylic oxidation sites excluding steroid dienone is 2. The normalized spacial score (nSPS) is 24.3. The largest absolute Gasteiger partial charge is 0.412 e. The molecule has 0 aromatic rings. The average Bonchev–Trinajstić information content (AvgIpc) is 2.04. The highest BCUT2D eigenvalue weighted by molar-refractivity contribution is 5.12. The zero-order valence-electron chi connectivity index (χ0n) is 7.62. The summed E-state index contributed by atoms with van der Waals surface area (Å²) in [5.74, 6) is 0.371. The fourth-order valence-electron chi connectivity index (χ4n) is 1.62. The minimum Gasteiger partial charge on any atom is -0.319 e. The smallest absolute Gasteiger partial charge is 0.319 e. The predicted octanol–water partition coefficient (Wildman–Crippen LogP) is 2.49. The maximum absolute atomic E-state index is 12.2. The van der Waals surface area contributed by atoms with Gasteiger partial charge in [0, 0.05) is 5.57 Å². The number of hydrogen-bond acceptors (Lipinski definition) is 1. The summed E-state index contributed by atoms with van der Waals surface area (Å²) in [6.45, 7) is 0.807. The summed E-state index contributed by atoms with van der Waals surface area (Å²) in [6.07, 6.45) is -1.40. The van der Waals surface area contributed by atoms with Crippen LogP contribution in [0.1, 0.15) is 19.3 Å². The van der Waals surface area contributed by atoms with Gasteiger partial charge >= 0.3 is 6.18 Å². The van der Waals surface area contributed by atoms with Crippen molar-refractivity contribution in [2.75, 3.05) is 13.6 Å². The Kier molecular flexibility index (Phi) is 3.36. The van der Waals surface area contributed by atoms with Crippen molar-refractivity contribution in [3.8, 4) is 0 Å². The van der Waals surface area contributed by atoms with E-state index in [4.69, 9.17) is 0 Å². The topological polar surface area (TPSA) is 12.0 Å². The van der Waals surface area contributed by atoms with Crippen molar-refractivity contribution in [1.29, 1.82) is 0 Å². The molecule has 0 aromatic carbocycles. The van der Waals surface area contributed by atoms with Crippen LogP contribution in [0.3, 0.4) is 0 Å². The summed E-state index contributed by atoms with van der Waals surface area (Å²) in [5, 5.41) is 2.98. The molecule has 1 aliphatic rings. The van der Waals surface area contributed by atoms with E-state index in [1.807, 2.05) is 7.05 Å². The first-order valence-electron chi connectivity index (χ1n) is 4.45. The molecule has 13 heavy (non-hydrogen) atoms. The molecule has 0 bridgehead atoms. The van der Waals surface area contributed by atoms with E-state index < -0.39 is 6.18 Å². The molecule has 0 radical (unpaired) electrons. The van der Waals surface area contributed by atoms with Crippen molar-refractivity contribution >= 4 is 0 Å². The Morgan fingerprint density at radius 2 is 2.23 bits per heavy atom. The van der Waals surface area contributed by atoms with Crippen molar-refractivity contribution in [3.05, 3.63) is 11.6 Å². The second-order valence-electron chi connectivity index (χ2n) is 3.43. The molecular weight excluding hydrogens is 179 g/mol. The lowest BCUT2D eigenvalue weighted by Gasteiger charge is -2.22. The number of alkyl halides is 3. The molecule has 0 amide bonds. The van der Waals surface area contributed by atoms with Crippen LogP contribution in [-0.2, 0) is 0 Å². The summed E-state index contributed by atoms with van der Waals surface area (Å²) in [4.78, 5) is 0. The van der Waals surface area contributed by atoms with E-state index in [-0.39, 0.29) is 12.0 Å². The summed E-state index contributed by atoms with van der Waals surface area (Å²) >= 11 is 0. The van der Waals surface area contributed by atoms with Crippen molar-refractivity contribution in [3.63, 3.8) is 0 Å². The Balaban J connectivity index is 2.48. The number of nitrogens with one attached hydrogen (secondary N) is 1. The Morgan fingerprint density at radius 3 is 2.62 bits per heavy atom. The van der Waals surface area contributed by atoms with E-state index in [1.165, 1.54) is 6.08 Å². The molecule has 0 aliphatic heterocycles. The second kappa shape index (κ2) is 4.13. The highest BCUT2D eigenvalue weighted by Crippen LogP contribution is 2.34. The van der Waals surface area contributed by atoms with Crippen LogP contribution in [0, 0.1) is 5.92 Å². The highest BCUT2D eigenvalue weighted by Gasteiger charge is 2.34. The van der Waals surface area contributed by atoms with Crippen LogP contribution in [0.5, 0.6) is 0 Å². The van der Waals surface area contributed by atoms with Gasteiger partial charge in [0.15, 0.2) is 0 Å². The Hall–Kier alpha value is -0.510. The maximum Gasteiger partial charge on any atom is 0.412 e. The molecule has 1 atom stereocenters. The van der Waals surface area contributed by atoms with Gasteiger partial charge in [0.1, 0.15) is 0 Å². The van der Waals surface area contributed by atoms with Gasteiger partial charge in [0.25, 0.3) is 0 Å². The Bertz CT molecular complexity index is 196. The third-order valence-corrected chi connectivity index (χ3v) is 2.38. The SMILES string of the molecule is CNCC1CC=C(C(F)(F)F)CC1. The summed E-state index contributed by atoms with van der Waals surface area (Å²) in [6, 6.07) is 0. The van der Waals surface area contributed by atoms with Crippen molar-refractivity contribution in [1.82, 2.24) is 5.32 Å². The molecule has 0 saturated carbocycles. The standard InChI is InChI=1S/C9H14F3N/c1-13-6-7-2-4-8(5-3-7)9(10,11)12/h4,7,13H,2-3,5-6H2,1H3. The van der Waals surface area contributed by atoms with Gasteiger partial charge in [-0.3, -0.25) is 0 Å². The van der Waals surface area contributed by atoms with Crippen LogP contribution < -0.4 is 5.32 Å². The predicted molar refractivity (Wildman–Crippen MR) is 45.4 cm³/mol. The van der Waals surface area contributed by atoms with E-state index >= 15 is 0 Å². The molecule has 0 fully saturated rings. The summed E-state index contributed by atoms with van der Waals surface area (Å²) in [5.41, 5.74) is -0.347. The van der Waals surface area contributed by atoms with Crippen molar-refractivity contribution in [2.24, 2.45) is 5.92 Å². The van der Waals surface area contributed by atoms with Crippen LogP contribution in [0.25, 0.3) is 0 Å². The van der Waals surface area contributed by atoms with Crippen LogP contribution in [0.4, 0.5) is 13.2 Å². The number of rotatable bonds is 2. The molecule has 1 rings (SSSR count). The van der Waals surface area contributed by atoms with Crippen LogP contribution in [0.15, 0.2) is 11.6 Å². The monoisotopic (exact) mass is 193 g/mol. The molecule has 4 heteroatoms. The number of halogens is 3. The van der Waals surface area contributed by atoms with E-state index in [1.54, 1.807) is 0 Å². The first kappa shape index (κ1) is 10.6. The molecule has 76 valence electrons. The van der Waals surface area contributed by atoms with Gasteiger partial charge in [0.05, 0.1) is 0 Å². The average molecular weight is 193 g/mol. The maximum atomic E-state index is 12.2. The first-order chi connectivity index (χ1) is 6.04. The Labute approximate surface area is 76.0 Å². The third-order valence-electron chi connectivity index (χ3n) is 2.38. The molecule has 0 spiro atoms. The lowest BCUT2D eigenvalue weighted by atomic mass is 9.89. The van der Waals surface area contributed by atoms with E-state index in [2.05, 4.69) is 5.32 Å². The van der Waals surface area contributed by atoms with Gasteiger partial charge in [-0.05, 0) is 38.8 Å². The lowest BCUT2D eigenvalue weighted by molar-refractivity contribution is -0.0955. The molecule has 1 aliphatic carbocycles. The number of hydrogen-bond donors (Lipinski definition) is 1. The minimum absolute atomic E-state index is 0.176. The van der Waals surface area contributed by atoms with Crippen molar-refractivity contribution in [2.45, 2.75) is 25.4 Å². The van der Waals surface area contributed by atoms with Crippen molar-refractivity contribution < 1.29 is 13.2 Å². The van der Waals surface area contributed by atoms with Gasteiger partial charge < -0.3 is 5.32 Å². The van der Waals surface area contributed by atoms with E-state index in [9.17, 15) is 13.2 Å². The zero-order chi connectivity index (χ0) is 9.90. The lowest BCUT2D eigenvalue weighted by Crippen LogP contribution is -2.23. The molecule has 0 aromatic heterocycles. The van der Waals surface area contributed by atoms with Gasteiger partial charge in [-0.1, -0.05) is 6.08 Å². The van der Waals surface area contributed by atoms with Gasteiger partial charge in [-0.2, -0.15) is 13.2 Å².